The van der Waals surface area contributed by atoms with Gasteiger partial charge in [0.05, 0.1) is 5.56 Å². The van der Waals surface area contributed by atoms with Gasteiger partial charge in [-0.15, -0.1) is 0 Å². The SMILES string of the molecule is Cc1cccc(S(=O)(=O)N(C)C2CCC(CO)CC2)c1C#N. The van der Waals surface area contributed by atoms with Gasteiger partial charge in [-0.2, -0.15) is 9.57 Å². The first-order valence-corrected chi connectivity index (χ1v) is 8.94. The fourth-order valence-electron chi connectivity index (χ4n) is 3.04. The van der Waals surface area contributed by atoms with Crippen LogP contribution in [-0.2, 0) is 10.0 Å². The topological polar surface area (TPSA) is 81.4 Å². The number of nitrogens with zero attached hydrogens (tertiary/aromatic N) is 2. The first kappa shape index (κ1) is 16.9. The van der Waals surface area contributed by atoms with Gasteiger partial charge >= 0.3 is 0 Å². The van der Waals surface area contributed by atoms with Gasteiger partial charge in [-0.3, -0.25) is 0 Å². The van der Waals surface area contributed by atoms with E-state index in [1.54, 1.807) is 26.1 Å². The van der Waals surface area contributed by atoms with E-state index in [9.17, 15) is 18.8 Å². The number of hydrogen-bond acceptors (Lipinski definition) is 4. The van der Waals surface area contributed by atoms with Crippen LogP contribution in [0.1, 0.15) is 36.8 Å². The summed E-state index contributed by atoms with van der Waals surface area (Å²) in [5.41, 5.74) is 0.888. The zero-order valence-electron chi connectivity index (χ0n) is 13.0. The van der Waals surface area contributed by atoms with E-state index in [2.05, 4.69) is 0 Å². The van der Waals surface area contributed by atoms with E-state index in [0.717, 1.165) is 25.7 Å². The summed E-state index contributed by atoms with van der Waals surface area (Å²) in [5.74, 6) is 0.279. The third-order valence-corrected chi connectivity index (χ3v) is 6.54. The maximum atomic E-state index is 12.8. The molecule has 5 nitrogen and oxygen atoms in total. The van der Waals surface area contributed by atoms with Crippen molar-refractivity contribution in [3.8, 4) is 6.07 Å². The van der Waals surface area contributed by atoms with Gasteiger partial charge in [0.1, 0.15) is 11.0 Å². The van der Waals surface area contributed by atoms with Crippen molar-refractivity contribution in [2.24, 2.45) is 5.92 Å². The molecule has 0 saturated heterocycles. The highest BCUT2D eigenvalue weighted by Crippen LogP contribution is 2.31. The van der Waals surface area contributed by atoms with Crippen LogP contribution in [0.15, 0.2) is 23.1 Å². The van der Waals surface area contributed by atoms with Gasteiger partial charge in [0.15, 0.2) is 0 Å². The van der Waals surface area contributed by atoms with Crippen LogP contribution < -0.4 is 0 Å². The number of aliphatic hydroxyl groups excluding tert-OH is 1. The molecule has 0 unspecified atom stereocenters. The number of sulfonamides is 1. The number of aliphatic hydroxyl groups is 1. The monoisotopic (exact) mass is 322 g/mol. The molecule has 1 fully saturated rings. The van der Waals surface area contributed by atoms with Crippen molar-refractivity contribution in [3.05, 3.63) is 29.3 Å². The minimum atomic E-state index is -3.68. The normalized spacial score (nSPS) is 22.5. The van der Waals surface area contributed by atoms with Crippen molar-refractivity contribution >= 4 is 10.0 Å². The van der Waals surface area contributed by atoms with Crippen LogP contribution >= 0.6 is 0 Å². The molecule has 0 aromatic heterocycles. The maximum Gasteiger partial charge on any atom is 0.244 e. The Labute approximate surface area is 132 Å². The molecule has 2 rings (SSSR count). The van der Waals surface area contributed by atoms with Gasteiger partial charge in [0, 0.05) is 19.7 Å². The smallest absolute Gasteiger partial charge is 0.244 e. The highest BCUT2D eigenvalue weighted by atomic mass is 32.2. The van der Waals surface area contributed by atoms with Gasteiger partial charge in [-0.25, -0.2) is 8.42 Å². The number of nitriles is 1. The summed E-state index contributed by atoms with van der Waals surface area (Å²) >= 11 is 0. The second-order valence-electron chi connectivity index (χ2n) is 5.94. The molecule has 22 heavy (non-hydrogen) atoms. The average molecular weight is 322 g/mol. The number of benzene rings is 1. The third-order valence-electron chi connectivity index (χ3n) is 4.59. The number of hydrogen-bond donors (Lipinski definition) is 1. The molecular formula is C16H22N2O3S. The standard InChI is InChI=1S/C16H22N2O3S/c1-12-4-3-5-16(15(12)10-17)22(20,21)18(2)14-8-6-13(11-19)7-9-14/h3-5,13-14,19H,6-9,11H2,1-2H3. The van der Waals surface area contributed by atoms with Gasteiger partial charge < -0.3 is 5.11 Å². The lowest BCUT2D eigenvalue weighted by molar-refractivity contribution is 0.159. The minimum Gasteiger partial charge on any atom is -0.396 e. The van der Waals surface area contributed by atoms with E-state index in [0.29, 0.717) is 5.56 Å². The van der Waals surface area contributed by atoms with Crippen LogP contribution in [0.4, 0.5) is 0 Å². The summed E-state index contributed by atoms with van der Waals surface area (Å²) in [6.07, 6.45) is 3.16. The lowest BCUT2D eigenvalue weighted by atomic mass is 9.87. The molecule has 1 N–H and O–H groups in total. The molecule has 120 valence electrons. The lowest BCUT2D eigenvalue weighted by Gasteiger charge is -2.33. The zero-order valence-corrected chi connectivity index (χ0v) is 13.8. The van der Waals surface area contributed by atoms with E-state index in [4.69, 9.17) is 0 Å². The lowest BCUT2D eigenvalue weighted by Crippen LogP contribution is -2.40. The van der Waals surface area contributed by atoms with E-state index in [-0.39, 0.29) is 29.0 Å². The van der Waals surface area contributed by atoms with Gasteiger partial charge in [0.25, 0.3) is 0 Å². The molecule has 1 aliphatic rings. The van der Waals surface area contributed by atoms with Crippen LogP contribution in [0.5, 0.6) is 0 Å². The first-order valence-electron chi connectivity index (χ1n) is 7.50. The van der Waals surface area contributed by atoms with Crippen molar-refractivity contribution in [1.29, 1.82) is 5.26 Å². The van der Waals surface area contributed by atoms with Crippen LogP contribution in [0.3, 0.4) is 0 Å². The summed E-state index contributed by atoms with van der Waals surface area (Å²) in [4.78, 5) is 0.0850. The van der Waals surface area contributed by atoms with Gasteiger partial charge in [0.2, 0.25) is 10.0 Å². The number of rotatable bonds is 4. The zero-order chi connectivity index (χ0) is 16.3. The van der Waals surface area contributed by atoms with Crippen LogP contribution in [0.2, 0.25) is 0 Å². The molecular weight excluding hydrogens is 300 g/mol. The minimum absolute atomic E-state index is 0.0696. The van der Waals surface area contributed by atoms with Gasteiger partial charge in [-0.1, -0.05) is 12.1 Å². The average Bonchev–Trinajstić information content (AvgIpc) is 2.54. The van der Waals surface area contributed by atoms with E-state index < -0.39 is 10.0 Å². The molecule has 1 aliphatic carbocycles. The Morgan fingerprint density at radius 3 is 2.50 bits per heavy atom. The quantitative estimate of drug-likeness (QED) is 0.919. The predicted molar refractivity (Wildman–Crippen MR) is 83.7 cm³/mol. The Morgan fingerprint density at radius 1 is 1.32 bits per heavy atom. The summed E-state index contributed by atoms with van der Waals surface area (Å²) in [6.45, 7) is 1.91. The van der Waals surface area contributed by atoms with Crippen molar-refractivity contribution in [3.63, 3.8) is 0 Å². The van der Waals surface area contributed by atoms with Crippen molar-refractivity contribution < 1.29 is 13.5 Å². The molecule has 0 bridgehead atoms. The van der Waals surface area contributed by atoms with Gasteiger partial charge in [-0.05, 0) is 50.2 Å². The molecule has 0 radical (unpaired) electrons. The fraction of sp³-hybridized carbons (Fsp3) is 0.562. The summed E-state index contributed by atoms with van der Waals surface area (Å²) in [5, 5.41) is 18.4. The first-order chi connectivity index (χ1) is 10.4. The molecule has 0 aliphatic heterocycles. The van der Waals surface area contributed by atoms with Crippen LogP contribution in [0, 0.1) is 24.2 Å². The Kier molecular flexibility index (Phi) is 5.22. The molecule has 1 aromatic carbocycles. The van der Waals surface area contributed by atoms with Crippen molar-refractivity contribution in [1.82, 2.24) is 4.31 Å². The molecule has 0 heterocycles. The molecule has 1 aromatic rings. The van der Waals surface area contributed by atoms with Crippen LogP contribution in [-0.4, -0.2) is 37.5 Å². The molecule has 1 saturated carbocycles. The second kappa shape index (κ2) is 6.78. The Balaban J connectivity index is 2.28. The predicted octanol–water partition coefficient (Wildman–Crippen LogP) is 2.04. The summed E-state index contributed by atoms with van der Waals surface area (Å²) in [6, 6.07) is 6.84. The molecule has 0 spiro atoms. The maximum absolute atomic E-state index is 12.8. The van der Waals surface area contributed by atoms with E-state index in [1.807, 2.05) is 6.07 Å². The Morgan fingerprint density at radius 2 is 1.95 bits per heavy atom. The largest absolute Gasteiger partial charge is 0.396 e. The fourth-order valence-corrected chi connectivity index (χ4v) is 4.67. The van der Waals surface area contributed by atoms with Crippen LogP contribution in [0.25, 0.3) is 0 Å². The Bertz CT molecular complexity index is 671. The highest BCUT2D eigenvalue weighted by molar-refractivity contribution is 7.89. The number of aryl methyl sites for hydroxylation is 1. The molecule has 0 amide bonds. The molecule has 0 atom stereocenters. The van der Waals surface area contributed by atoms with E-state index in [1.165, 1.54) is 10.4 Å². The van der Waals surface area contributed by atoms with Crippen molar-refractivity contribution in [2.45, 2.75) is 43.5 Å². The summed E-state index contributed by atoms with van der Waals surface area (Å²) in [7, 11) is -2.09. The Hall–Kier alpha value is -1.42. The highest BCUT2D eigenvalue weighted by Gasteiger charge is 2.32. The third kappa shape index (κ3) is 3.17. The summed E-state index contributed by atoms with van der Waals surface area (Å²) < 4.78 is 27.1. The molecule has 6 heteroatoms. The van der Waals surface area contributed by atoms with Crippen molar-refractivity contribution in [2.75, 3.05) is 13.7 Å². The second-order valence-corrected chi connectivity index (χ2v) is 7.90. The van der Waals surface area contributed by atoms with E-state index >= 15 is 0 Å².